The lowest BCUT2D eigenvalue weighted by atomic mass is 10.3. The second kappa shape index (κ2) is 5.73. The minimum Gasteiger partial charge on any atom is -0.359 e. The lowest BCUT2D eigenvalue weighted by Gasteiger charge is -2.12. The van der Waals surface area contributed by atoms with Crippen molar-refractivity contribution in [3.05, 3.63) is 60.3 Å². The van der Waals surface area contributed by atoms with Crippen LogP contribution in [0.4, 0.5) is 5.82 Å². The Labute approximate surface area is 138 Å². The maximum absolute atomic E-state index is 4.32. The highest BCUT2D eigenvalue weighted by atomic mass is 15.3. The van der Waals surface area contributed by atoms with Crippen LogP contribution in [0.1, 0.15) is 24.5 Å². The maximum Gasteiger partial charge on any atom is 0.175 e. The summed E-state index contributed by atoms with van der Waals surface area (Å²) in [6.07, 6.45) is 3.80. The molecule has 8 nitrogen and oxygen atoms in total. The van der Waals surface area contributed by atoms with Crippen molar-refractivity contribution >= 4 is 11.5 Å². The highest BCUT2D eigenvalue weighted by molar-refractivity contribution is 5.41. The van der Waals surface area contributed by atoms with E-state index in [1.165, 1.54) is 0 Å². The standard InChI is InChI=1S/C16H16N8/c1-11-8-10-24(22-11)15-7-6-13(18-20-15)17-12(2)16-21-19-14-5-3-4-9-23(14)16/h3-10,12H,1-2H3,(H,17,18). The fourth-order valence-corrected chi connectivity index (χ4v) is 2.51. The smallest absolute Gasteiger partial charge is 0.175 e. The topological polar surface area (TPSA) is 85.8 Å². The Morgan fingerprint density at radius 2 is 1.88 bits per heavy atom. The second-order valence-electron chi connectivity index (χ2n) is 5.53. The van der Waals surface area contributed by atoms with Crippen molar-refractivity contribution in [1.29, 1.82) is 0 Å². The molecule has 0 radical (unpaired) electrons. The van der Waals surface area contributed by atoms with Crippen LogP contribution in [0.3, 0.4) is 0 Å². The molecule has 0 aromatic carbocycles. The Balaban J connectivity index is 1.54. The van der Waals surface area contributed by atoms with Crippen molar-refractivity contribution in [2.24, 2.45) is 0 Å². The largest absolute Gasteiger partial charge is 0.359 e. The number of nitrogens with zero attached hydrogens (tertiary/aromatic N) is 7. The van der Waals surface area contributed by atoms with Gasteiger partial charge in [-0.1, -0.05) is 6.07 Å². The Morgan fingerprint density at radius 1 is 0.958 bits per heavy atom. The van der Waals surface area contributed by atoms with Crippen molar-refractivity contribution in [2.75, 3.05) is 5.32 Å². The van der Waals surface area contributed by atoms with Crippen molar-refractivity contribution in [2.45, 2.75) is 19.9 Å². The molecule has 4 heterocycles. The maximum atomic E-state index is 4.32. The number of aryl methyl sites for hydroxylation is 1. The third kappa shape index (κ3) is 2.58. The van der Waals surface area contributed by atoms with Gasteiger partial charge in [-0.2, -0.15) is 5.10 Å². The molecule has 120 valence electrons. The molecule has 0 fully saturated rings. The first-order valence-electron chi connectivity index (χ1n) is 7.63. The normalized spacial score (nSPS) is 12.4. The third-order valence-corrected chi connectivity index (χ3v) is 3.70. The first-order chi connectivity index (χ1) is 11.7. The number of hydrogen-bond acceptors (Lipinski definition) is 6. The summed E-state index contributed by atoms with van der Waals surface area (Å²) in [4.78, 5) is 0. The molecule has 24 heavy (non-hydrogen) atoms. The Kier molecular flexibility index (Phi) is 3.42. The number of pyridine rings is 1. The minimum atomic E-state index is -0.0607. The predicted octanol–water partition coefficient (Wildman–Crippen LogP) is 2.19. The second-order valence-corrected chi connectivity index (χ2v) is 5.53. The van der Waals surface area contributed by atoms with Gasteiger partial charge in [0.15, 0.2) is 17.3 Å². The monoisotopic (exact) mass is 320 g/mol. The lowest BCUT2D eigenvalue weighted by molar-refractivity contribution is 0.757. The fourth-order valence-electron chi connectivity index (χ4n) is 2.51. The molecule has 4 rings (SSSR count). The van der Waals surface area contributed by atoms with Crippen LogP contribution in [-0.2, 0) is 0 Å². The van der Waals surface area contributed by atoms with E-state index < -0.39 is 0 Å². The molecule has 0 saturated carbocycles. The van der Waals surface area contributed by atoms with E-state index >= 15 is 0 Å². The van der Waals surface area contributed by atoms with Gasteiger partial charge in [0.2, 0.25) is 0 Å². The molecule has 0 saturated heterocycles. The van der Waals surface area contributed by atoms with E-state index in [4.69, 9.17) is 0 Å². The zero-order valence-corrected chi connectivity index (χ0v) is 13.3. The average molecular weight is 320 g/mol. The van der Waals surface area contributed by atoms with Gasteiger partial charge in [-0.05, 0) is 44.2 Å². The van der Waals surface area contributed by atoms with E-state index in [9.17, 15) is 0 Å². The van der Waals surface area contributed by atoms with Gasteiger partial charge in [-0.15, -0.1) is 20.4 Å². The van der Waals surface area contributed by atoms with Gasteiger partial charge in [0, 0.05) is 12.4 Å². The van der Waals surface area contributed by atoms with Gasteiger partial charge in [0.25, 0.3) is 0 Å². The zero-order chi connectivity index (χ0) is 16.5. The number of fused-ring (bicyclic) bond motifs is 1. The summed E-state index contributed by atoms with van der Waals surface area (Å²) < 4.78 is 3.65. The van der Waals surface area contributed by atoms with Gasteiger partial charge in [-0.25, -0.2) is 4.68 Å². The molecule has 0 bridgehead atoms. The van der Waals surface area contributed by atoms with Crippen molar-refractivity contribution in [3.8, 4) is 5.82 Å². The summed E-state index contributed by atoms with van der Waals surface area (Å²) in [5, 5.41) is 24.4. The number of hydrogen-bond donors (Lipinski definition) is 1. The molecule has 0 aliphatic heterocycles. The molecular formula is C16H16N8. The molecule has 0 amide bonds. The summed E-state index contributed by atoms with van der Waals surface area (Å²) in [6, 6.07) is 11.4. The molecule has 1 atom stereocenters. The molecule has 4 aromatic heterocycles. The van der Waals surface area contributed by atoms with Crippen LogP contribution in [0, 0.1) is 6.92 Å². The lowest BCUT2D eigenvalue weighted by Crippen LogP contribution is -2.12. The number of anilines is 1. The van der Waals surface area contributed by atoms with Crippen LogP contribution in [0.25, 0.3) is 11.5 Å². The van der Waals surface area contributed by atoms with E-state index in [-0.39, 0.29) is 6.04 Å². The molecule has 4 aromatic rings. The number of aromatic nitrogens is 7. The highest BCUT2D eigenvalue weighted by Crippen LogP contribution is 2.17. The summed E-state index contributed by atoms with van der Waals surface area (Å²) in [5.41, 5.74) is 1.75. The highest BCUT2D eigenvalue weighted by Gasteiger charge is 2.13. The molecule has 8 heteroatoms. The Morgan fingerprint density at radius 3 is 2.62 bits per heavy atom. The zero-order valence-electron chi connectivity index (χ0n) is 13.3. The van der Waals surface area contributed by atoms with Crippen LogP contribution in [0.5, 0.6) is 0 Å². The summed E-state index contributed by atoms with van der Waals surface area (Å²) in [5.74, 6) is 2.16. The predicted molar refractivity (Wildman–Crippen MR) is 88.9 cm³/mol. The van der Waals surface area contributed by atoms with Crippen LogP contribution < -0.4 is 5.32 Å². The molecule has 0 aliphatic rings. The van der Waals surface area contributed by atoms with Gasteiger partial charge in [-0.3, -0.25) is 4.40 Å². The summed E-state index contributed by atoms with van der Waals surface area (Å²) >= 11 is 0. The molecule has 0 spiro atoms. The Hall–Kier alpha value is -3.29. The first kappa shape index (κ1) is 14.3. The van der Waals surface area contributed by atoms with Crippen LogP contribution in [0.2, 0.25) is 0 Å². The third-order valence-electron chi connectivity index (χ3n) is 3.70. The quantitative estimate of drug-likeness (QED) is 0.620. The van der Waals surface area contributed by atoms with E-state index in [1.54, 1.807) is 4.68 Å². The van der Waals surface area contributed by atoms with Gasteiger partial charge < -0.3 is 5.32 Å². The summed E-state index contributed by atoms with van der Waals surface area (Å²) in [6.45, 7) is 3.94. The SMILES string of the molecule is Cc1ccn(-c2ccc(NC(C)c3nnc4ccccn34)nn2)n1. The van der Waals surface area contributed by atoms with E-state index in [0.717, 1.165) is 17.2 Å². The average Bonchev–Trinajstić information content (AvgIpc) is 3.22. The van der Waals surface area contributed by atoms with E-state index in [0.29, 0.717) is 11.6 Å². The van der Waals surface area contributed by atoms with Crippen molar-refractivity contribution in [1.82, 2.24) is 34.6 Å². The molecule has 0 aliphatic carbocycles. The van der Waals surface area contributed by atoms with Crippen molar-refractivity contribution < 1.29 is 0 Å². The fraction of sp³-hybridized carbons (Fsp3) is 0.188. The van der Waals surface area contributed by atoms with E-state index in [1.807, 2.05) is 67.0 Å². The number of nitrogens with one attached hydrogen (secondary N) is 1. The van der Waals surface area contributed by atoms with Crippen LogP contribution in [-0.4, -0.2) is 34.6 Å². The molecular weight excluding hydrogens is 304 g/mol. The molecule has 1 unspecified atom stereocenters. The van der Waals surface area contributed by atoms with Crippen LogP contribution in [0.15, 0.2) is 48.8 Å². The first-order valence-corrected chi connectivity index (χ1v) is 7.63. The van der Waals surface area contributed by atoms with Crippen LogP contribution >= 0.6 is 0 Å². The molecule has 1 N–H and O–H groups in total. The van der Waals surface area contributed by atoms with Crippen molar-refractivity contribution in [3.63, 3.8) is 0 Å². The Bertz CT molecular complexity index is 969. The number of rotatable bonds is 4. The minimum absolute atomic E-state index is 0.0607. The van der Waals surface area contributed by atoms with Gasteiger partial charge in [0.05, 0.1) is 11.7 Å². The van der Waals surface area contributed by atoms with Gasteiger partial charge >= 0.3 is 0 Å². The van der Waals surface area contributed by atoms with E-state index in [2.05, 4.69) is 30.8 Å². The summed E-state index contributed by atoms with van der Waals surface area (Å²) in [7, 11) is 0. The van der Waals surface area contributed by atoms with Gasteiger partial charge in [0.1, 0.15) is 5.82 Å².